The molecule has 1 fully saturated rings. The first kappa shape index (κ1) is 22.9. The van der Waals surface area contributed by atoms with E-state index in [9.17, 15) is 14.7 Å². The molecule has 0 saturated heterocycles. The molecule has 1 aliphatic rings. The van der Waals surface area contributed by atoms with Crippen LogP contribution in [-0.2, 0) is 14.3 Å². The van der Waals surface area contributed by atoms with Gasteiger partial charge in [0.1, 0.15) is 0 Å². The van der Waals surface area contributed by atoms with Gasteiger partial charge in [-0.25, -0.2) is 0 Å². The van der Waals surface area contributed by atoms with E-state index in [4.69, 9.17) is 9.84 Å². The van der Waals surface area contributed by atoms with Crippen molar-refractivity contribution in [3.05, 3.63) is 0 Å². The number of aliphatic carboxylic acids is 1. The summed E-state index contributed by atoms with van der Waals surface area (Å²) in [5.74, 6) is -0.728. The topological polar surface area (TPSA) is 83.8 Å². The Bertz CT molecular complexity index is 415. The minimum absolute atomic E-state index is 0.139. The number of carbonyl (C=O) groups excluding carboxylic acids is 1. The van der Waals surface area contributed by atoms with Gasteiger partial charge in [0, 0.05) is 5.41 Å². The zero-order valence-electron chi connectivity index (χ0n) is 16.7. The number of carboxylic acids is 1. The fraction of sp³-hybridized carbons (Fsp3) is 0.905. The number of aliphatic hydroxyl groups is 1. The van der Waals surface area contributed by atoms with Crippen LogP contribution in [0.25, 0.3) is 0 Å². The van der Waals surface area contributed by atoms with Crippen LogP contribution in [0.15, 0.2) is 0 Å². The Morgan fingerprint density at radius 3 is 2.27 bits per heavy atom. The van der Waals surface area contributed by atoms with Crippen molar-refractivity contribution in [1.29, 1.82) is 0 Å². The highest BCUT2D eigenvalue weighted by Crippen LogP contribution is 2.50. The molecule has 0 radical (unpaired) electrons. The molecule has 0 aromatic heterocycles. The number of carboxylic acid groups (broad SMARTS) is 1. The summed E-state index contributed by atoms with van der Waals surface area (Å²) in [6.45, 7) is 5.13. The SMILES string of the molecule is CC(C)(CCCCCC(O)CCCCCC1(COC=O)CC1)CC(=O)O. The molecule has 5 heteroatoms. The molecule has 1 saturated carbocycles. The standard InChI is InChI=1S/C21H38O5/c1-20(2,15-19(24)25)11-7-3-5-9-18(23)10-6-4-8-12-21(13-14-21)16-26-17-22/h17-18,23H,3-16H2,1-2H3,(H,24,25). The molecule has 1 aliphatic carbocycles. The molecule has 1 rings (SSSR count). The average molecular weight is 371 g/mol. The molecule has 152 valence electrons. The van der Waals surface area contributed by atoms with E-state index in [2.05, 4.69) is 0 Å². The highest BCUT2D eigenvalue weighted by molar-refractivity contribution is 5.67. The van der Waals surface area contributed by atoms with Crippen molar-refractivity contribution in [3.63, 3.8) is 0 Å². The Morgan fingerprint density at radius 1 is 1.12 bits per heavy atom. The smallest absolute Gasteiger partial charge is 0.303 e. The normalized spacial score (nSPS) is 16.9. The first-order chi connectivity index (χ1) is 12.3. The number of hydrogen-bond acceptors (Lipinski definition) is 4. The van der Waals surface area contributed by atoms with Gasteiger partial charge in [0.25, 0.3) is 6.47 Å². The Balaban J connectivity index is 1.95. The summed E-state index contributed by atoms with van der Waals surface area (Å²) in [6.07, 6.45) is 12.5. The van der Waals surface area contributed by atoms with Crippen LogP contribution in [0.3, 0.4) is 0 Å². The van der Waals surface area contributed by atoms with E-state index in [1.807, 2.05) is 13.8 Å². The molecule has 1 unspecified atom stereocenters. The number of aliphatic hydroxyl groups excluding tert-OH is 1. The van der Waals surface area contributed by atoms with E-state index in [1.165, 1.54) is 12.8 Å². The second-order valence-electron chi connectivity index (χ2n) is 8.99. The van der Waals surface area contributed by atoms with Crippen LogP contribution < -0.4 is 0 Å². The molecular weight excluding hydrogens is 332 g/mol. The summed E-state index contributed by atoms with van der Waals surface area (Å²) in [7, 11) is 0. The first-order valence-electron chi connectivity index (χ1n) is 10.2. The van der Waals surface area contributed by atoms with E-state index in [1.54, 1.807) is 0 Å². The molecule has 0 bridgehead atoms. The van der Waals surface area contributed by atoms with Gasteiger partial charge in [-0.1, -0.05) is 52.4 Å². The molecule has 0 aliphatic heterocycles. The maximum absolute atomic E-state index is 10.8. The predicted octanol–water partition coefficient (Wildman–Crippen LogP) is 4.70. The third kappa shape index (κ3) is 10.8. The van der Waals surface area contributed by atoms with E-state index < -0.39 is 5.97 Å². The lowest BCUT2D eigenvalue weighted by atomic mass is 9.83. The number of ether oxygens (including phenoxy) is 1. The van der Waals surface area contributed by atoms with E-state index in [0.29, 0.717) is 13.1 Å². The summed E-state index contributed by atoms with van der Waals surface area (Å²) in [5, 5.41) is 19.0. The van der Waals surface area contributed by atoms with Gasteiger partial charge in [-0.2, -0.15) is 0 Å². The maximum Gasteiger partial charge on any atom is 0.303 e. The third-order valence-corrected chi connectivity index (χ3v) is 5.68. The van der Waals surface area contributed by atoms with Crippen LogP contribution in [0, 0.1) is 10.8 Å². The Hall–Kier alpha value is -1.10. The Morgan fingerprint density at radius 2 is 1.73 bits per heavy atom. The monoisotopic (exact) mass is 370 g/mol. The van der Waals surface area contributed by atoms with Crippen LogP contribution in [0.4, 0.5) is 0 Å². The fourth-order valence-electron chi connectivity index (χ4n) is 3.71. The molecule has 0 spiro atoms. The lowest BCUT2D eigenvalue weighted by Crippen LogP contribution is -2.16. The zero-order chi connectivity index (χ0) is 19.5. The van der Waals surface area contributed by atoms with Gasteiger partial charge < -0.3 is 14.9 Å². The van der Waals surface area contributed by atoms with Crippen molar-refractivity contribution >= 4 is 12.4 Å². The summed E-state index contributed by atoms with van der Waals surface area (Å²) < 4.78 is 4.91. The minimum Gasteiger partial charge on any atom is -0.481 e. The molecule has 26 heavy (non-hydrogen) atoms. The van der Waals surface area contributed by atoms with Crippen LogP contribution in [0.2, 0.25) is 0 Å². The molecular formula is C21H38O5. The van der Waals surface area contributed by atoms with Crippen molar-refractivity contribution in [2.75, 3.05) is 6.61 Å². The molecule has 0 aromatic rings. The summed E-state index contributed by atoms with van der Waals surface area (Å²) in [4.78, 5) is 21.1. The third-order valence-electron chi connectivity index (χ3n) is 5.68. The van der Waals surface area contributed by atoms with Crippen molar-refractivity contribution in [1.82, 2.24) is 0 Å². The van der Waals surface area contributed by atoms with Crippen molar-refractivity contribution in [2.24, 2.45) is 10.8 Å². The summed E-state index contributed by atoms with van der Waals surface area (Å²) in [6, 6.07) is 0. The van der Waals surface area contributed by atoms with Crippen LogP contribution in [0.1, 0.15) is 97.3 Å². The van der Waals surface area contributed by atoms with Crippen molar-refractivity contribution in [3.8, 4) is 0 Å². The second kappa shape index (κ2) is 11.6. The molecule has 5 nitrogen and oxygen atoms in total. The number of carbonyl (C=O) groups is 2. The summed E-state index contributed by atoms with van der Waals surface area (Å²) in [5.41, 5.74) is 0.133. The molecule has 2 N–H and O–H groups in total. The number of unbranched alkanes of at least 4 members (excludes halogenated alkanes) is 4. The quantitative estimate of drug-likeness (QED) is 0.286. The van der Waals surface area contributed by atoms with Crippen molar-refractivity contribution < 1.29 is 24.5 Å². The highest BCUT2D eigenvalue weighted by atomic mass is 16.5. The van der Waals surface area contributed by atoms with E-state index in [-0.39, 0.29) is 23.4 Å². The number of hydrogen-bond donors (Lipinski definition) is 2. The Labute approximate surface area is 158 Å². The van der Waals surface area contributed by atoms with E-state index in [0.717, 1.165) is 64.2 Å². The number of rotatable bonds is 17. The summed E-state index contributed by atoms with van der Waals surface area (Å²) >= 11 is 0. The van der Waals surface area contributed by atoms with Crippen molar-refractivity contribution in [2.45, 2.75) is 103 Å². The maximum atomic E-state index is 10.8. The largest absolute Gasteiger partial charge is 0.481 e. The van der Waals surface area contributed by atoms with Gasteiger partial charge in [0.2, 0.25) is 0 Å². The van der Waals surface area contributed by atoms with Gasteiger partial charge in [-0.05, 0) is 43.9 Å². The highest BCUT2D eigenvalue weighted by Gasteiger charge is 2.42. The van der Waals surface area contributed by atoms with E-state index >= 15 is 0 Å². The Kier molecular flexibility index (Phi) is 10.2. The van der Waals surface area contributed by atoms with Gasteiger partial charge in [0.15, 0.2) is 0 Å². The second-order valence-corrected chi connectivity index (χ2v) is 8.99. The van der Waals surface area contributed by atoms with Crippen LogP contribution in [-0.4, -0.2) is 35.4 Å². The predicted molar refractivity (Wildman–Crippen MR) is 102 cm³/mol. The van der Waals surface area contributed by atoms with Gasteiger partial charge in [-0.15, -0.1) is 0 Å². The lowest BCUT2D eigenvalue weighted by molar-refractivity contribution is -0.139. The molecule has 0 amide bonds. The first-order valence-corrected chi connectivity index (χ1v) is 10.2. The lowest BCUT2D eigenvalue weighted by Gasteiger charge is -2.22. The van der Waals surface area contributed by atoms with Gasteiger partial charge >= 0.3 is 5.97 Å². The van der Waals surface area contributed by atoms with Gasteiger partial charge in [-0.3, -0.25) is 9.59 Å². The van der Waals surface area contributed by atoms with Crippen LogP contribution in [0.5, 0.6) is 0 Å². The molecule has 0 heterocycles. The van der Waals surface area contributed by atoms with Gasteiger partial charge in [0.05, 0.1) is 19.1 Å². The average Bonchev–Trinajstić information content (AvgIpc) is 3.31. The molecule has 0 aromatic carbocycles. The zero-order valence-corrected chi connectivity index (χ0v) is 16.7. The fourth-order valence-corrected chi connectivity index (χ4v) is 3.71. The van der Waals surface area contributed by atoms with Crippen LogP contribution >= 0.6 is 0 Å². The minimum atomic E-state index is -0.728. The molecule has 1 atom stereocenters.